The highest BCUT2D eigenvalue weighted by Gasteiger charge is 1.99. The molecule has 1 rings (SSSR count). The smallest absolute Gasteiger partial charge is 0.0596 e. The fourth-order valence-electron chi connectivity index (χ4n) is 1.48. The lowest BCUT2D eigenvalue weighted by atomic mass is 10.4. The summed E-state index contributed by atoms with van der Waals surface area (Å²) in [6.07, 6.45) is 1.05. The van der Waals surface area contributed by atoms with Crippen molar-refractivity contribution in [3.05, 3.63) is 29.1 Å². The summed E-state index contributed by atoms with van der Waals surface area (Å²) in [5.41, 5.74) is 2.30. The van der Waals surface area contributed by atoms with Crippen LogP contribution in [-0.4, -0.2) is 22.9 Å². The van der Waals surface area contributed by atoms with Gasteiger partial charge in [0.05, 0.1) is 5.69 Å². The van der Waals surface area contributed by atoms with Gasteiger partial charge in [-0.05, 0) is 32.9 Å². The molecule has 84 valence electrons. The number of hydrogen-bond donors (Lipinski definition) is 1. The molecule has 0 aliphatic heterocycles. The summed E-state index contributed by atoms with van der Waals surface area (Å²) in [6.45, 7) is 10.3. The minimum atomic E-state index is 0.654. The Morgan fingerprint density at radius 2 is 2.33 bits per heavy atom. The van der Waals surface area contributed by atoms with E-state index >= 15 is 0 Å². The maximum Gasteiger partial charge on any atom is 0.0596 e. The van der Waals surface area contributed by atoms with Crippen molar-refractivity contribution in [1.82, 2.24) is 15.1 Å². The Labute approximate surface area is 96.1 Å². The summed E-state index contributed by atoms with van der Waals surface area (Å²) in [4.78, 5) is 0. The Hall–Kier alpha value is -0.800. The van der Waals surface area contributed by atoms with Gasteiger partial charge < -0.3 is 5.32 Å². The number of aromatic nitrogens is 2. The van der Waals surface area contributed by atoms with Crippen LogP contribution in [-0.2, 0) is 6.54 Å². The zero-order chi connectivity index (χ0) is 11.3. The maximum absolute atomic E-state index is 5.63. The highest BCUT2D eigenvalue weighted by molar-refractivity contribution is 6.29. The molecule has 0 saturated carbocycles. The van der Waals surface area contributed by atoms with Gasteiger partial charge in [0.15, 0.2) is 0 Å². The number of halogens is 1. The molecule has 1 heterocycles. The van der Waals surface area contributed by atoms with E-state index in [1.54, 1.807) is 0 Å². The molecule has 0 bridgehead atoms. The molecule has 15 heavy (non-hydrogen) atoms. The fourth-order valence-corrected chi connectivity index (χ4v) is 1.57. The van der Waals surface area contributed by atoms with E-state index < -0.39 is 0 Å². The highest BCUT2D eigenvalue weighted by Crippen LogP contribution is 2.02. The molecule has 0 amide bonds. The van der Waals surface area contributed by atoms with Crippen LogP contribution in [0.5, 0.6) is 0 Å². The van der Waals surface area contributed by atoms with Gasteiger partial charge in [-0.2, -0.15) is 5.10 Å². The van der Waals surface area contributed by atoms with Gasteiger partial charge in [-0.1, -0.05) is 18.2 Å². The lowest BCUT2D eigenvalue weighted by Gasteiger charge is -2.05. The van der Waals surface area contributed by atoms with Crippen LogP contribution in [0.2, 0.25) is 0 Å². The van der Waals surface area contributed by atoms with Gasteiger partial charge in [-0.15, -0.1) is 0 Å². The van der Waals surface area contributed by atoms with E-state index in [1.165, 1.54) is 5.69 Å². The Balaban J connectivity index is 2.20. The zero-order valence-corrected chi connectivity index (χ0v) is 10.1. The number of hydrogen-bond acceptors (Lipinski definition) is 2. The average Bonchev–Trinajstić information content (AvgIpc) is 2.44. The Bertz CT molecular complexity index is 331. The molecule has 0 aromatic carbocycles. The van der Waals surface area contributed by atoms with E-state index in [1.807, 2.05) is 11.6 Å². The molecule has 0 aliphatic rings. The first-order chi connectivity index (χ1) is 7.09. The second kappa shape index (κ2) is 5.93. The largest absolute Gasteiger partial charge is 0.312 e. The lowest BCUT2D eigenvalue weighted by molar-refractivity contribution is 0.541. The van der Waals surface area contributed by atoms with Crippen LogP contribution in [0.25, 0.3) is 0 Å². The summed E-state index contributed by atoms with van der Waals surface area (Å²) < 4.78 is 2.03. The molecule has 3 nitrogen and oxygen atoms in total. The summed E-state index contributed by atoms with van der Waals surface area (Å²) in [6, 6.07) is 2.09. The lowest BCUT2D eigenvalue weighted by Crippen LogP contribution is -2.18. The Morgan fingerprint density at radius 1 is 1.60 bits per heavy atom. The van der Waals surface area contributed by atoms with Gasteiger partial charge >= 0.3 is 0 Å². The molecule has 0 saturated heterocycles. The minimum absolute atomic E-state index is 0.654. The summed E-state index contributed by atoms with van der Waals surface area (Å²) in [5.74, 6) is 0. The van der Waals surface area contributed by atoms with Crippen LogP contribution >= 0.6 is 11.6 Å². The Kier molecular flexibility index (Phi) is 4.85. The van der Waals surface area contributed by atoms with Crippen LogP contribution in [0.3, 0.4) is 0 Å². The number of nitrogens with one attached hydrogen (secondary N) is 1. The predicted octanol–water partition coefficient (Wildman–Crippen LogP) is 2.23. The van der Waals surface area contributed by atoms with Gasteiger partial charge in [-0.3, -0.25) is 4.68 Å². The number of aryl methyl sites for hydroxylation is 3. The first kappa shape index (κ1) is 12.3. The van der Waals surface area contributed by atoms with E-state index in [2.05, 4.69) is 30.0 Å². The first-order valence-electron chi connectivity index (χ1n) is 5.14. The average molecular weight is 228 g/mol. The molecule has 0 fully saturated rings. The summed E-state index contributed by atoms with van der Waals surface area (Å²) >= 11 is 5.63. The molecule has 1 aromatic heterocycles. The highest BCUT2D eigenvalue weighted by atomic mass is 35.5. The summed E-state index contributed by atoms with van der Waals surface area (Å²) in [5, 5.41) is 8.25. The van der Waals surface area contributed by atoms with E-state index in [9.17, 15) is 0 Å². The minimum Gasteiger partial charge on any atom is -0.312 e. The van der Waals surface area contributed by atoms with Gasteiger partial charge in [0.2, 0.25) is 0 Å². The third kappa shape index (κ3) is 4.49. The molecule has 4 heteroatoms. The third-order valence-electron chi connectivity index (χ3n) is 2.14. The summed E-state index contributed by atoms with van der Waals surface area (Å²) in [7, 11) is 0. The van der Waals surface area contributed by atoms with Crippen molar-refractivity contribution < 1.29 is 0 Å². The molecular formula is C11H18ClN3. The van der Waals surface area contributed by atoms with E-state index in [-0.39, 0.29) is 0 Å². The quantitative estimate of drug-likeness (QED) is 0.756. The fraction of sp³-hybridized carbons (Fsp3) is 0.545. The molecule has 1 aromatic rings. The van der Waals surface area contributed by atoms with E-state index in [0.29, 0.717) is 11.6 Å². The van der Waals surface area contributed by atoms with Crippen molar-refractivity contribution in [2.45, 2.75) is 26.8 Å². The van der Waals surface area contributed by atoms with Crippen LogP contribution < -0.4 is 5.32 Å². The van der Waals surface area contributed by atoms with Crippen molar-refractivity contribution in [2.75, 3.05) is 13.1 Å². The van der Waals surface area contributed by atoms with Crippen molar-refractivity contribution in [2.24, 2.45) is 0 Å². The topological polar surface area (TPSA) is 29.9 Å². The second-order valence-corrected chi connectivity index (χ2v) is 4.23. The van der Waals surface area contributed by atoms with Crippen LogP contribution in [0.1, 0.15) is 17.8 Å². The molecule has 0 unspecified atom stereocenters. The SMILES string of the molecule is C=C(Cl)CNCCCn1nc(C)cc1C. The number of nitrogens with zero attached hydrogens (tertiary/aromatic N) is 2. The van der Waals surface area contributed by atoms with E-state index in [0.717, 1.165) is 25.2 Å². The van der Waals surface area contributed by atoms with E-state index in [4.69, 9.17) is 11.6 Å². The van der Waals surface area contributed by atoms with Gasteiger partial charge in [0.1, 0.15) is 0 Å². The van der Waals surface area contributed by atoms with Gasteiger partial charge in [0.25, 0.3) is 0 Å². The van der Waals surface area contributed by atoms with Crippen molar-refractivity contribution in [3.8, 4) is 0 Å². The van der Waals surface area contributed by atoms with Crippen molar-refractivity contribution in [3.63, 3.8) is 0 Å². The normalized spacial score (nSPS) is 10.6. The van der Waals surface area contributed by atoms with Crippen LogP contribution in [0.4, 0.5) is 0 Å². The standard InChI is InChI=1S/C11H18ClN3/c1-9(12)8-13-5-4-6-15-11(3)7-10(2)14-15/h7,13H,1,4-6,8H2,2-3H3. The van der Waals surface area contributed by atoms with Crippen molar-refractivity contribution >= 4 is 11.6 Å². The second-order valence-electron chi connectivity index (χ2n) is 3.70. The van der Waals surface area contributed by atoms with Gasteiger partial charge in [0, 0.05) is 23.8 Å². The van der Waals surface area contributed by atoms with Crippen LogP contribution in [0, 0.1) is 13.8 Å². The van der Waals surface area contributed by atoms with Crippen LogP contribution in [0.15, 0.2) is 17.7 Å². The molecular weight excluding hydrogens is 210 g/mol. The first-order valence-corrected chi connectivity index (χ1v) is 5.52. The maximum atomic E-state index is 5.63. The molecule has 0 aliphatic carbocycles. The monoisotopic (exact) mass is 227 g/mol. The predicted molar refractivity (Wildman–Crippen MR) is 64.2 cm³/mol. The van der Waals surface area contributed by atoms with Gasteiger partial charge in [-0.25, -0.2) is 0 Å². The molecule has 1 N–H and O–H groups in total. The van der Waals surface area contributed by atoms with Crippen molar-refractivity contribution in [1.29, 1.82) is 0 Å². The Morgan fingerprint density at radius 3 is 2.87 bits per heavy atom. The third-order valence-corrected chi connectivity index (χ3v) is 2.28. The molecule has 0 atom stereocenters. The number of rotatable bonds is 6. The zero-order valence-electron chi connectivity index (χ0n) is 9.39. The molecule has 0 radical (unpaired) electrons. The molecule has 0 spiro atoms.